The summed E-state index contributed by atoms with van der Waals surface area (Å²) in [6.07, 6.45) is 45.6. The molecule has 0 atom stereocenters. The molecule has 0 aliphatic rings. The second-order valence-corrected chi connectivity index (χ2v) is 13.4. The van der Waals surface area contributed by atoms with E-state index >= 15 is 0 Å². The molecule has 0 N–H and O–H groups in total. The molecular formula is C39H76O2. The van der Waals surface area contributed by atoms with Crippen molar-refractivity contribution in [2.24, 2.45) is 5.92 Å². The van der Waals surface area contributed by atoms with Crippen LogP contribution in [0.1, 0.15) is 220 Å². The van der Waals surface area contributed by atoms with E-state index in [4.69, 9.17) is 4.74 Å². The Bertz CT molecular complexity index is 524. The van der Waals surface area contributed by atoms with Gasteiger partial charge in [-0.15, -0.1) is 0 Å². The van der Waals surface area contributed by atoms with Crippen molar-refractivity contribution in [2.45, 2.75) is 220 Å². The molecule has 0 unspecified atom stereocenters. The van der Waals surface area contributed by atoms with Crippen molar-refractivity contribution in [2.75, 3.05) is 6.61 Å². The van der Waals surface area contributed by atoms with Crippen LogP contribution in [-0.2, 0) is 9.53 Å². The molecule has 0 spiro atoms. The van der Waals surface area contributed by atoms with Gasteiger partial charge in [0, 0.05) is 6.42 Å². The first-order chi connectivity index (χ1) is 20.2. The van der Waals surface area contributed by atoms with Crippen molar-refractivity contribution in [3.8, 4) is 0 Å². The molecule has 0 aliphatic carbocycles. The molecule has 0 amide bonds. The maximum Gasteiger partial charge on any atom is 0.305 e. The Morgan fingerprint density at radius 2 is 0.854 bits per heavy atom. The first-order valence-corrected chi connectivity index (χ1v) is 19.0. The quantitative estimate of drug-likeness (QED) is 0.0432. The smallest absolute Gasteiger partial charge is 0.305 e. The second kappa shape index (κ2) is 35.4. The molecule has 0 radical (unpaired) electrons. The molecule has 0 rings (SSSR count). The number of carbonyl (C=O) groups excluding carboxylic acids is 1. The van der Waals surface area contributed by atoms with Crippen molar-refractivity contribution >= 4 is 5.97 Å². The maximum absolute atomic E-state index is 11.9. The van der Waals surface area contributed by atoms with E-state index in [0.29, 0.717) is 13.0 Å². The number of esters is 1. The Kier molecular flexibility index (Phi) is 34.7. The summed E-state index contributed by atoms with van der Waals surface area (Å²) in [5, 5.41) is 0. The Hall–Kier alpha value is -0.790. The summed E-state index contributed by atoms with van der Waals surface area (Å²) in [4.78, 5) is 11.9. The Labute approximate surface area is 259 Å². The highest BCUT2D eigenvalue weighted by Crippen LogP contribution is 2.15. The number of unbranched alkanes of at least 4 members (excludes halogenated alkanes) is 26. The Morgan fingerprint density at radius 3 is 1.29 bits per heavy atom. The summed E-state index contributed by atoms with van der Waals surface area (Å²) in [5.74, 6) is 0.893. The highest BCUT2D eigenvalue weighted by atomic mass is 16.5. The molecule has 41 heavy (non-hydrogen) atoms. The second-order valence-electron chi connectivity index (χ2n) is 13.4. The van der Waals surface area contributed by atoms with Crippen LogP contribution in [0.2, 0.25) is 0 Å². The fourth-order valence-corrected chi connectivity index (χ4v) is 5.73. The van der Waals surface area contributed by atoms with Gasteiger partial charge in [-0.3, -0.25) is 4.79 Å². The maximum atomic E-state index is 11.9. The van der Waals surface area contributed by atoms with Crippen LogP contribution >= 0.6 is 0 Å². The van der Waals surface area contributed by atoms with Gasteiger partial charge in [0.15, 0.2) is 0 Å². The molecule has 0 aromatic carbocycles. The minimum absolute atomic E-state index is 0.0234. The average Bonchev–Trinajstić information content (AvgIpc) is 2.96. The molecular weight excluding hydrogens is 500 g/mol. The van der Waals surface area contributed by atoms with Crippen LogP contribution in [0.4, 0.5) is 0 Å². The predicted octanol–water partition coefficient (Wildman–Crippen LogP) is 13.9. The van der Waals surface area contributed by atoms with E-state index in [1.165, 1.54) is 180 Å². The number of hydrogen-bond donors (Lipinski definition) is 0. The lowest BCUT2D eigenvalue weighted by Gasteiger charge is -2.06. The standard InChI is InChI=1S/C39H76O2/c1-4-5-6-7-8-9-10-11-12-13-14-15-16-17-21-24-27-30-33-36-39(40)41-37-34-31-28-25-22-19-18-20-23-26-29-32-35-38(2)3/h11-12,38H,4-10,13-37H2,1-3H3. The topological polar surface area (TPSA) is 26.3 Å². The van der Waals surface area contributed by atoms with Crippen LogP contribution in [0.5, 0.6) is 0 Å². The molecule has 2 heteroatoms. The van der Waals surface area contributed by atoms with Gasteiger partial charge in [0.25, 0.3) is 0 Å². The summed E-state index contributed by atoms with van der Waals surface area (Å²) in [5.41, 5.74) is 0. The van der Waals surface area contributed by atoms with E-state index in [9.17, 15) is 4.79 Å². The fourth-order valence-electron chi connectivity index (χ4n) is 5.73. The van der Waals surface area contributed by atoms with Crippen LogP contribution in [0.15, 0.2) is 12.2 Å². The van der Waals surface area contributed by atoms with E-state index in [0.717, 1.165) is 18.8 Å². The summed E-state index contributed by atoms with van der Waals surface area (Å²) < 4.78 is 5.45. The number of ether oxygens (including phenoxy) is 1. The Morgan fingerprint density at radius 1 is 0.488 bits per heavy atom. The molecule has 0 saturated carbocycles. The minimum Gasteiger partial charge on any atom is -0.466 e. The molecule has 0 bridgehead atoms. The number of rotatable bonds is 34. The molecule has 0 heterocycles. The van der Waals surface area contributed by atoms with Gasteiger partial charge in [-0.05, 0) is 44.4 Å². The van der Waals surface area contributed by atoms with Crippen molar-refractivity contribution in [1.82, 2.24) is 0 Å². The van der Waals surface area contributed by atoms with Crippen molar-refractivity contribution in [3.63, 3.8) is 0 Å². The lowest BCUT2D eigenvalue weighted by Crippen LogP contribution is -2.05. The van der Waals surface area contributed by atoms with Crippen LogP contribution in [-0.4, -0.2) is 12.6 Å². The zero-order valence-electron chi connectivity index (χ0n) is 28.7. The van der Waals surface area contributed by atoms with Gasteiger partial charge < -0.3 is 4.74 Å². The number of allylic oxidation sites excluding steroid dienone is 2. The van der Waals surface area contributed by atoms with Crippen molar-refractivity contribution in [1.29, 1.82) is 0 Å². The molecule has 0 aromatic heterocycles. The predicted molar refractivity (Wildman–Crippen MR) is 184 cm³/mol. The van der Waals surface area contributed by atoms with Gasteiger partial charge in [-0.2, -0.15) is 0 Å². The third-order valence-electron chi connectivity index (χ3n) is 8.58. The summed E-state index contributed by atoms with van der Waals surface area (Å²) in [6.45, 7) is 7.57. The van der Waals surface area contributed by atoms with Gasteiger partial charge in [0.2, 0.25) is 0 Å². The largest absolute Gasteiger partial charge is 0.466 e. The molecule has 0 fully saturated rings. The highest BCUT2D eigenvalue weighted by Gasteiger charge is 2.03. The van der Waals surface area contributed by atoms with E-state index in [-0.39, 0.29) is 5.97 Å². The Balaban J connectivity index is 3.19. The van der Waals surface area contributed by atoms with Gasteiger partial charge >= 0.3 is 5.97 Å². The first kappa shape index (κ1) is 40.2. The first-order valence-electron chi connectivity index (χ1n) is 19.0. The van der Waals surface area contributed by atoms with Crippen LogP contribution in [0.25, 0.3) is 0 Å². The van der Waals surface area contributed by atoms with E-state index in [1.807, 2.05) is 0 Å². The number of carbonyl (C=O) groups is 1. The lowest BCUT2D eigenvalue weighted by molar-refractivity contribution is -0.143. The molecule has 0 saturated heterocycles. The van der Waals surface area contributed by atoms with Crippen LogP contribution in [0, 0.1) is 5.92 Å². The molecule has 244 valence electrons. The zero-order chi connectivity index (χ0) is 29.9. The highest BCUT2D eigenvalue weighted by molar-refractivity contribution is 5.69. The van der Waals surface area contributed by atoms with E-state index < -0.39 is 0 Å². The van der Waals surface area contributed by atoms with Gasteiger partial charge in [-0.1, -0.05) is 187 Å². The summed E-state index contributed by atoms with van der Waals surface area (Å²) in [6, 6.07) is 0. The van der Waals surface area contributed by atoms with Gasteiger partial charge in [-0.25, -0.2) is 0 Å². The summed E-state index contributed by atoms with van der Waals surface area (Å²) >= 11 is 0. The van der Waals surface area contributed by atoms with E-state index in [2.05, 4.69) is 32.9 Å². The molecule has 0 aliphatic heterocycles. The average molecular weight is 577 g/mol. The molecule has 2 nitrogen and oxygen atoms in total. The third-order valence-corrected chi connectivity index (χ3v) is 8.58. The zero-order valence-corrected chi connectivity index (χ0v) is 28.7. The van der Waals surface area contributed by atoms with Gasteiger partial charge in [0.05, 0.1) is 6.61 Å². The normalized spacial score (nSPS) is 11.7. The van der Waals surface area contributed by atoms with Crippen LogP contribution < -0.4 is 0 Å². The van der Waals surface area contributed by atoms with Crippen molar-refractivity contribution < 1.29 is 9.53 Å². The molecule has 0 aromatic rings. The monoisotopic (exact) mass is 577 g/mol. The van der Waals surface area contributed by atoms with Crippen LogP contribution in [0.3, 0.4) is 0 Å². The number of hydrogen-bond acceptors (Lipinski definition) is 2. The SMILES string of the molecule is CCCCCCCCC=CCCCCCCCCCCCC(=O)OCCCCCCCCCCCCCCC(C)C. The van der Waals surface area contributed by atoms with Crippen molar-refractivity contribution in [3.05, 3.63) is 12.2 Å². The van der Waals surface area contributed by atoms with E-state index in [1.54, 1.807) is 0 Å². The lowest BCUT2D eigenvalue weighted by atomic mass is 10.0. The third kappa shape index (κ3) is 37.2. The summed E-state index contributed by atoms with van der Waals surface area (Å²) in [7, 11) is 0. The minimum atomic E-state index is 0.0234. The van der Waals surface area contributed by atoms with Gasteiger partial charge in [0.1, 0.15) is 0 Å². The fraction of sp³-hybridized carbons (Fsp3) is 0.923.